The summed E-state index contributed by atoms with van der Waals surface area (Å²) in [6, 6.07) is 0.719. The first-order valence-corrected chi connectivity index (χ1v) is 6.59. The Hall–Kier alpha value is -1.62. The molecule has 96 valence electrons. The molecule has 2 heterocycles. The zero-order chi connectivity index (χ0) is 12.4. The molecule has 3 rings (SSSR count). The van der Waals surface area contributed by atoms with E-state index in [0.717, 1.165) is 31.5 Å². The summed E-state index contributed by atoms with van der Waals surface area (Å²) in [5, 5.41) is 3.50. The van der Waals surface area contributed by atoms with E-state index in [1.165, 1.54) is 18.5 Å². The van der Waals surface area contributed by atoms with Gasteiger partial charge in [0.15, 0.2) is 0 Å². The molecular weight excluding hydrogens is 226 g/mol. The Bertz CT molecular complexity index is 509. The fraction of sp³-hybridized carbons (Fsp3) is 0.538. The van der Waals surface area contributed by atoms with Crippen LogP contribution >= 0.6 is 0 Å². The highest BCUT2D eigenvalue weighted by atomic mass is 15.1. The molecular formula is C13H19N5. The summed E-state index contributed by atoms with van der Waals surface area (Å²) in [6.45, 7) is 4.79. The standard InChI is InChI=1S/C13H19N5/c1-2-17-10-14-7-12(17)9-18-6-5-15-13(18)8-16-11-3-4-11/h5-7,10-11,16H,2-4,8-9H2,1H3. The van der Waals surface area contributed by atoms with Crippen molar-refractivity contribution in [1.82, 2.24) is 24.4 Å². The molecule has 0 unspecified atom stereocenters. The van der Waals surface area contributed by atoms with Gasteiger partial charge in [0.2, 0.25) is 0 Å². The molecule has 0 spiro atoms. The SMILES string of the molecule is CCn1cncc1Cn1ccnc1CNC1CC1. The zero-order valence-corrected chi connectivity index (χ0v) is 10.7. The Morgan fingerprint density at radius 3 is 3.06 bits per heavy atom. The number of aryl methyl sites for hydroxylation is 1. The van der Waals surface area contributed by atoms with Gasteiger partial charge in [0.1, 0.15) is 5.82 Å². The quantitative estimate of drug-likeness (QED) is 0.837. The van der Waals surface area contributed by atoms with Crippen LogP contribution in [0.1, 0.15) is 31.3 Å². The molecule has 0 radical (unpaired) electrons. The van der Waals surface area contributed by atoms with Crippen LogP contribution in [-0.2, 0) is 19.6 Å². The maximum absolute atomic E-state index is 4.42. The third kappa shape index (κ3) is 2.46. The average Bonchev–Trinajstić information content (AvgIpc) is 2.94. The van der Waals surface area contributed by atoms with Crippen molar-refractivity contribution in [2.24, 2.45) is 0 Å². The minimum absolute atomic E-state index is 0.719. The highest BCUT2D eigenvalue weighted by Crippen LogP contribution is 2.19. The summed E-state index contributed by atoms with van der Waals surface area (Å²) in [5.41, 5.74) is 1.23. The van der Waals surface area contributed by atoms with Crippen molar-refractivity contribution in [2.75, 3.05) is 0 Å². The smallest absolute Gasteiger partial charge is 0.123 e. The minimum atomic E-state index is 0.719. The predicted octanol–water partition coefficient (Wildman–Crippen LogP) is 1.40. The van der Waals surface area contributed by atoms with Gasteiger partial charge in [0.05, 0.1) is 25.1 Å². The van der Waals surface area contributed by atoms with E-state index in [2.05, 4.69) is 31.3 Å². The number of hydrogen-bond acceptors (Lipinski definition) is 3. The molecule has 18 heavy (non-hydrogen) atoms. The normalized spacial score (nSPS) is 15.2. The van der Waals surface area contributed by atoms with Crippen LogP contribution < -0.4 is 5.32 Å². The number of nitrogens with one attached hydrogen (secondary N) is 1. The van der Waals surface area contributed by atoms with E-state index in [4.69, 9.17) is 0 Å². The molecule has 2 aromatic rings. The summed E-state index contributed by atoms with van der Waals surface area (Å²) in [4.78, 5) is 8.62. The van der Waals surface area contributed by atoms with Crippen molar-refractivity contribution < 1.29 is 0 Å². The van der Waals surface area contributed by atoms with Gasteiger partial charge in [-0.15, -0.1) is 0 Å². The van der Waals surface area contributed by atoms with E-state index < -0.39 is 0 Å². The van der Waals surface area contributed by atoms with Crippen LogP contribution in [0.3, 0.4) is 0 Å². The number of aromatic nitrogens is 4. The molecule has 5 heteroatoms. The Morgan fingerprint density at radius 1 is 1.39 bits per heavy atom. The van der Waals surface area contributed by atoms with Crippen LogP contribution in [-0.4, -0.2) is 25.1 Å². The lowest BCUT2D eigenvalue weighted by atomic mass is 10.4. The Labute approximate surface area is 107 Å². The summed E-state index contributed by atoms with van der Waals surface area (Å²) in [6.07, 6.45) is 10.3. The van der Waals surface area contributed by atoms with E-state index in [1.54, 1.807) is 0 Å². The topological polar surface area (TPSA) is 47.7 Å². The largest absolute Gasteiger partial charge is 0.333 e. The molecule has 1 saturated carbocycles. The monoisotopic (exact) mass is 245 g/mol. The first kappa shape index (κ1) is 11.5. The van der Waals surface area contributed by atoms with E-state index in [0.29, 0.717) is 0 Å². The maximum Gasteiger partial charge on any atom is 0.123 e. The fourth-order valence-corrected chi connectivity index (χ4v) is 2.11. The average molecular weight is 245 g/mol. The molecule has 2 aromatic heterocycles. The molecule has 1 N–H and O–H groups in total. The van der Waals surface area contributed by atoms with Gasteiger partial charge >= 0.3 is 0 Å². The van der Waals surface area contributed by atoms with Gasteiger partial charge in [-0.3, -0.25) is 0 Å². The lowest BCUT2D eigenvalue weighted by molar-refractivity contribution is 0.600. The third-order valence-electron chi connectivity index (χ3n) is 3.40. The number of rotatable bonds is 6. The van der Waals surface area contributed by atoms with Gasteiger partial charge < -0.3 is 14.5 Å². The highest BCUT2D eigenvalue weighted by Gasteiger charge is 2.20. The van der Waals surface area contributed by atoms with Crippen molar-refractivity contribution in [3.8, 4) is 0 Å². The van der Waals surface area contributed by atoms with Gasteiger partial charge in [-0.1, -0.05) is 0 Å². The Kier molecular flexibility index (Phi) is 3.15. The molecule has 0 atom stereocenters. The van der Waals surface area contributed by atoms with E-state index in [1.807, 2.05) is 24.9 Å². The molecule has 0 amide bonds. The molecule has 5 nitrogen and oxygen atoms in total. The molecule has 0 bridgehead atoms. The van der Waals surface area contributed by atoms with Crippen LogP contribution in [0.25, 0.3) is 0 Å². The van der Waals surface area contributed by atoms with Crippen LogP contribution in [0.5, 0.6) is 0 Å². The number of imidazole rings is 2. The second kappa shape index (κ2) is 4.94. The zero-order valence-electron chi connectivity index (χ0n) is 10.7. The van der Waals surface area contributed by atoms with Crippen molar-refractivity contribution >= 4 is 0 Å². The van der Waals surface area contributed by atoms with Crippen molar-refractivity contribution in [2.45, 2.75) is 45.4 Å². The van der Waals surface area contributed by atoms with Crippen LogP contribution in [0.2, 0.25) is 0 Å². The third-order valence-corrected chi connectivity index (χ3v) is 3.40. The number of hydrogen-bond donors (Lipinski definition) is 1. The first-order valence-electron chi connectivity index (χ1n) is 6.59. The summed E-state index contributed by atoms with van der Waals surface area (Å²) >= 11 is 0. The summed E-state index contributed by atoms with van der Waals surface area (Å²) in [7, 11) is 0. The highest BCUT2D eigenvalue weighted by molar-refractivity contribution is 5.03. The molecule has 1 fully saturated rings. The predicted molar refractivity (Wildman–Crippen MR) is 69.1 cm³/mol. The second-order valence-corrected chi connectivity index (χ2v) is 4.80. The molecule has 0 aliphatic heterocycles. The lowest BCUT2D eigenvalue weighted by Gasteiger charge is -2.10. The van der Waals surface area contributed by atoms with Gasteiger partial charge in [0, 0.05) is 31.2 Å². The maximum atomic E-state index is 4.42. The Balaban J connectivity index is 1.69. The summed E-state index contributed by atoms with van der Waals surface area (Å²) < 4.78 is 4.36. The van der Waals surface area contributed by atoms with Gasteiger partial charge in [-0.2, -0.15) is 0 Å². The second-order valence-electron chi connectivity index (χ2n) is 4.80. The van der Waals surface area contributed by atoms with Crippen LogP contribution in [0, 0.1) is 0 Å². The van der Waals surface area contributed by atoms with Crippen LogP contribution in [0.15, 0.2) is 24.9 Å². The van der Waals surface area contributed by atoms with Crippen molar-refractivity contribution in [3.05, 3.63) is 36.4 Å². The number of nitrogens with zero attached hydrogens (tertiary/aromatic N) is 4. The first-order chi connectivity index (χ1) is 8.86. The molecule has 0 aromatic carbocycles. The fourth-order valence-electron chi connectivity index (χ4n) is 2.11. The lowest BCUT2D eigenvalue weighted by Crippen LogP contribution is -2.19. The van der Waals surface area contributed by atoms with Gasteiger partial charge in [-0.05, 0) is 19.8 Å². The van der Waals surface area contributed by atoms with E-state index >= 15 is 0 Å². The van der Waals surface area contributed by atoms with E-state index in [-0.39, 0.29) is 0 Å². The van der Waals surface area contributed by atoms with Gasteiger partial charge in [0.25, 0.3) is 0 Å². The molecule has 1 aliphatic carbocycles. The van der Waals surface area contributed by atoms with Crippen molar-refractivity contribution in [1.29, 1.82) is 0 Å². The molecule has 1 aliphatic rings. The minimum Gasteiger partial charge on any atom is -0.333 e. The van der Waals surface area contributed by atoms with E-state index in [9.17, 15) is 0 Å². The molecule has 0 saturated heterocycles. The van der Waals surface area contributed by atoms with Crippen molar-refractivity contribution in [3.63, 3.8) is 0 Å². The summed E-state index contributed by atoms with van der Waals surface area (Å²) in [5.74, 6) is 1.10. The van der Waals surface area contributed by atoms with Gasteiger partial charge in [-0.25, -0.2) is 9.97 Å². The Morgan fingerprint density at radius 2 is 2.28 bits per heavy atom. The van der Waals surface area contributed by atoms with Crippen LogP contribution in [0.4, 0.5) is 0 Å².